The van der Waals surface area contributed by atoms with Crippen LogP contribution in [0.25, 0.3) is 0 Å². The van der Waals surface area contributed by atoms with Crippen LogP contribution in [0.4, 0.5) is 5.82 Å². The van der Waals surface area contributed by atoms with Gasteiger partial charge in [0.25, 0.3) is 0 Å². The molecule has 0 bridgehead atoms. The highest BCUT2D eigenvalue weighted by atomic mass is 15.2. The zero-order valence-corrected chi connectivity index (χ0v) is 10.2. The summed E-state index contributed by atoms with van der Waals surface area (Å²) >= 11 is 0. The standard InChI is InChI=1S/C13H18N4/c1-10-5-3-2-4-6-12(10)16-13-11(9-14)7-8-15-17-13/h7-8,10,12H,2-6H2,1H3,(H,16,17). The quantitative estimate of drug-likeness (QED) is 0.793. The number of nitrogens with one attached hydrogen (secondary N) is 1. The van der Waals surface area contributed by atoms with Crippen molar-refractivity contribution in [1.29, 1.82) is 5.26 Å². The molecule has 1 N–H and O–H groups in total. The predicted octanol–water partition coefficient (Wildman–Crippen LogP) is 2.73. The Morgan fingerprint density at radius 1 is 1.35 bits per heavy atom. The molecular weight excluding hydrogens is 212 g/mol. The molecular formula is C13H18N4. The summed E-state index contributed by atoms with van der Waals surface area (Å²) in [6, 6.07) is 4.27. The molecule has 0 aromatic carbocycles. The van der Waals surface area contributed by atoms with E-state index in [1.165, 1.54) is 25.7 Å². The summed E-state index contributed by atoms with van der Waals surface area (Å²) < 4.78 is 0. The summed E-state index contributed by atoms with van der Waals surface area (Å²) in [5, 5.41) is 20.3. The Balaban J connectivity index is 2.11. The van der Waals surface area contributed by atoms with Gasteiger partial charge in [-0.25, -0.2) is 0 Å². The van der Waals surface area contributed by atoms with Crippen LogP contribution in [0.5, 0.6) is 0 Å². The van der Waals surface area contributed by atoms with E-state index in [-0.39, 0.29) is 0 Å². The largest absolute Gasteiger partial charge is 0.364 e. The minimum absolute atomic E-state index is 0.418. The van der Waals surface area contributed by atoms with Crippen LogP contribution in [-0.4, -0.2) is 16.2 Å². The maximum absolute atomic E-state index is 9.01. The van der Waals surface area contributed by atoms with Crippen LogP contribution in [-0.2, 0) is 0 Å². The number of anilines is 1. The van der Waals surface area contributed by atoms with E-state index in [2.05, 4.69) is 28.5 Å². The van der Waals surface area contributed by atoms with Crippen molar-refractivity contribution in [3.05, 3.63) is 17.8 Å². The molecule has 0 saturated heterocycles. The molecule has 2 rings (SSSR count). The SMILES string of the molecule is CC1CCCCCC1Nc1nnccc1C#N. The molecule has 1 heterocycles. The van der Waals surface area contributed by atoms with E-state index in [9.17, 15) is 0 Å². The third-order valence-electron chi connectivity index (χ3n) is 3.52. The monoisotopic (exact) mass is 230 g/mol. The van der Waals surface area contributed by atoms with Crippen LogP contribution < -0.4 is 5.32 Å². The van der Waals surface area contributed by atoms with Crippen molar-refractivity contribution >= 4 is 5.82 Å². The third kappa shape index (κ3) is 2.94. The molecule has 0 spiro atoms. The molecule has 1 saturated carbocycles. The van der Waals surface area contributed by atoms with E-state index in [4.69, 9.17) is 5.26 Å². The van der Waals surface area contributed by atoms with Crippen molar-refractivity contribution in [2.45, 2.75) is 45.1 Å². The summed E-state index contributed by atoms with van der Waals surface area (Å²) in [6.45, 7) is 2.27. The first-order valence-corrected chi connectivity index (χ1v) is 6.29. The van der Waals surface area contributed by atoms with Gasteiger partial charge in [-0.15, -0.1) is 5.10 Å². The number of aromatic nitrogens is 2. The van der Waals surface area contributed by atoms with E-state index in [1.54, 1.807) is 12.3 Å². The Morgan fingerprint density at radius 3 is 3.00 bits per heavy atom. The molecule has 1 aromatic rings. The zero-order chi connectivity index (χ0) is 12.1. The molecule has 1 aliphatic carbocycles. The van der Waals surface area contributed by atoms with Crippen molar-refractivity contribution in [1.82, 2.24) is 10.2 Å². The molecule has 0 amide bonds. The van der Waals surface area contributed by atoms with Crippen LogP contribution in [0.3, 0.4) is 0 Å². The van der Waals surface area contributed by atoms with Crippen LogP contribution >= 0.6 is 0 Å². The second-order valence-electron chi connectivity index (χ2n) is 4.77. The molecule has 0 aliphatic heterocycles. The summed E-state index contributed by atoms with van der Waals surface area (Å²) in [6.07, 6.45) is 7.84. The van der Waals surface area contributed by atoms with E-state index in [1.807, 2.05) is 0 Å². The van der Waals surface area contributed by atoms with Crippen LogP contribution in [0.1, 0.15) is 44.6 Å². The van der Waals surface area contributed by atoms with Crippen molar-refractivity contribution < 1.29 is 0 Å². The highest BCUT2D eigenvalue weighted by Gasteiger charge is 2.21. The molecule has 4 nitrogen and oxygen atoms in total. The van der Waals surface area contributed by atoms with E-state index in [0.29, 0.717) is 23.3 Å². The van der Waals surface area contributed by atoms with E-state index >= 15 is 0 Å². The first kappa shape index (κ1) is 11.8. The molecule has 2 unspecified atom stereocenters. The number of nitriles is 1. The average molecular weight is 230 g/mol. The lowest BCUT2D eigenvalue weighted by Crippen LogP contribution is -2.27. The molecule has 1 fully saturated rings. The van der Waals surface area contributed by atoms with Crippen molar-refractivity contribution in [2.75, 3.05) is 5.32 Å². The van der Waals surface area contributed by atoms with E-state index < -0.39 is 0 Å². The van der Waals surface area contributed by atoms with Gasteiger partial charge in [-0.3, -0.25) is 0 Å². The van der Waals surface area contributed by atoms with Gasteiger partial charge < -0.3 is 5.32 Å². The van der Waals surface area contributed by atoms with Crippen LogP contribution in [0.2, 0.25) is 0 Å². The molecule has 1 aliphatic rings. The fourth-order valence-electron chi connectivity index (χ4n) is 2.41. The topological polar surface area (TPSA) is 61.6 Å². The third-order valence-corrected chi connectivity index (χ3v) is 3.52. The Morgan fingerprint density at radius 2 is 2.18 bits per heavy atom. The minimum atomic E-state index is 0.418. The van der Waals surface area contributed by atoms with Gasteiger partial charge in [-0.2, -0.15) is 10.4 Å². The summed E-state index contributed by atoms with van der Waals surface area (Å²) in [7, 11) is 0. The van der Waals surface area contributed by atoms with Gasteiger partial charge in [-0.1, -0.05) is 26.2 Å². The van der Waals surface area contributed by atoms with Crippen LogP contribution in [0, 0.1) is 17.2 Å². The van der Waals surface area contributed by atoms with Gasteiger partial charge in [-0.05, 0) is 24.8 Å². The number of nitrogens with zero attached hydrogens (tertiary/aromatic N) is 3. The lowest BCUT2D eigenvalue weighted by Gasteiger charge is -2.23. The zero-order valence-electron chi connectivity index (χ0n) is 10.2. The summed E-state index contributed by atoms with van der Waals surface area (Å²) in [5.74, 6) is 1.26. The van der Waals surface area contributed by atoms with Crippen molar-refractivity contribution in [2.24, 2.45) is 5.92 Å². The van der Waals surface area contributed by atoms with Crippen LogP contribution in [0.15, 0.2) is 12.3 Å². The smallest absolute Gasteiger partial charge is 0.166 e. The van der Waals surface area contributed by atoms with Crippen molar-refractivity contribution in [3.8, 4) is 6.07 Å². The van der Waals surface area contributed by atoms with Gasteiger partial charge in [0.05, 0.1) is 11.8 Å². The molecule has 4 heteroatoms. The molecule has 90 valence electrons. The molecule has 1 aromatic heterocycles. The first-order chi connectivity index (χ1) is 8.31. The average Bonchev–Trinajstić information content (AvgIpc) is 2.56. The van der Waals surface area contributed by atoms with Gasteiger partial charge in [0.1, 0.15) is 6.07 Å². The number of hydrogen-bond acceptors (Lipinski definition) is 4. The maximum Gasteiger partial charge on any atom is 0.166 e. The lowest BCUT2D eigenvalue weighted by atomic mass is 9.97. The van der Waals surface area contributed by atoms with Crippen molar-refractivity contribution in [3.63, 3.8) is 0 Å². The lowest BCUT2D eigenvalue weighted by molar-refractivity contribution is 0.455. The van der Waals surface area contributed by atoms with Gasteiger partial charge in [0.2, 0.25) is 0 Å². The van der Waals surface area contributed by atoms with Gasteiger partial charge in [0, 0.05) is 6.04 Å². The van der Waals surface area contributed by atoms with Gasteiger partial charge in [0.15, 0.2) is 5.82 Å². The summed E-state index contributed by atoms with van der Waals surface area (Å²) in [4.78, 5) is 0. The fraction of sp³-hybridized carbons (Fsp3) is 0.615. The minimum Gasteiger partial charge on any atom is -0.364 e. The maximum atomic E-state index is 9.01. The first-order valence-electron chi connectivity index (χ1n) is 6.29. The Bertz CT molecular complexity index is 410. The fourth-order valence-corrected chi connectivity index (χ4v) is 2.41. The number of rotatable bonds is 2. The van der Waals surface area contributed by atoms with E-state index in [0.717, 1.165) is 6.42 Å². The second kappa shape index (κ2) is 5.62. The Kier molecular flexibility index (Phi) is 3.92. The normalized spacial score (nSPS) is 24.7. The number of hydrogen-bond donors (Lipinski definition) is 1. The Labute approximate surface area is 102 Å². The predicted molar refractivity (Wildman–Crippen MR) is 66.4 cm³/mol. The highest BCUT2D eigenvalue weighted by molar-refractivity contribution is 5.50. The molecule has 0 radical (unpaired) electrons. The van der Waals surface area contributed by atoms with Gasteiger partial charge >= 0.3 is 0 Å². The molecule has 2 atom stereocenters. The Hall–Kier alpha value is -1.63. The molecule has 17 heavy (non-hydrogen) atoms. The highest BCUT2D eigenvalue weighted by Crippen LogP contribution is 2.25. The summed E-state index contributed by atoms with van der Waals surface area (Å²) in [5.41, 5.74) is 0.580. The second-order valence-corrected chi connectivity index (χ2v) is 4.77.